The predicted molar refractivity (Wildman–Crippen MR) is 111 cm³/mol. The molecular weight excluding hydrogens is 368 g/mol. The van der Waals surface area contributed by atoms with Crippen molar-refractivity contribution in [1.82, 2.24) is 20.6 Å². The minimum Gasteiger partial charge on any atom is -0.497 e. The van der Waals surface area contributed by atoms with Crippen molar-refractivity contribution in [3.05, 3.63) is 59.9 Å². The monoisotopic (exact) mass is 394 g/mol. The summed E-state index contributed by atoms with van der Waals surface area (Å²) in [5, 5.41) is 6.17. The van der Waals surface area contributed by atoms with Crippen LogP contribution in [-0.4, -0.2) is 42.4 Å². The number of para-hydroxylation sites is 2. The summed E-state index contributed by atoms with van der Waals surface area (Å²) in [4.78, 5) is 20.7. The molecule has 7 nitrogen and oxygen atoms in total. The van der Waals surface area contributed by atoms with Crippen LogP contribution in [0.25, 0.3) is 11.0 Å². The molecule has 1 unspecified atom stereocenters. The number of carbonyl (C=O) groups is 1. The largest absolute Gasteiger partial charge is 0.497 e. The summed E-state index contributed by atoms with van der Waals surface area (Å²) in [6.07, 6.45) is 2.29. The molecule has 7 heteroatoms. The highest BCUT2D eigenvalue weighted by atomic mass is 16.5. The highest BCUT2D eigenvalue weighted by Gasteiger charge is 2.22. The Morgan fingerprint density at radius 1 is 1.21 bits per heavy atom. The van der Waals surface area contributed by atoms with E-state index in [2.05, 4.69) is 15.6 Å². The molecule has 1 saturated heterocycles. The smallest absolute Gasteiger partial charge is 0.315 e. The van der Waals surface area contributed by atoms with Crippen LogP contribution in [-0.2, 0) is 11.2 Å². The Morgan fingerprint density at radius 3 is 2.69 bits per heavy atom. The van der Waals surface area contributed by atoms with Gasteiger partial charge >= 0.3 is 6.03 Å². The van der Waals surface area contributed by atoms with Gasteiger partial charge in [-0.25, -0.2) is 9.78 Å². The van der Waals surface area contributed by atoms with Crippen LogP contribution in [0.15, 0.2) is 48.5 Å². The SMILES string of the molecule is COc1ccc(CC(NC(=O)NC2CCOCC2)c2nc3ccccc3[nH]2)cc1. The minimum atomic E-state index is -0.282. The molecule has 1 fully saturated rings. The topological polar surface area (TPSA) is 88.3 Å². The number of benzene rings is 2. The molecule has 1 aromatic heterocycles. The number of urea groups is 1. The van der Waals surface area contributed by atoms with Gasteiger partial charge in [0.1, 0.15) is 11.6 Å². The number of aromatic amines is 1. The summed E-state index contributed by atoms with van der Waals surface area (Å²) < 4.78 is 10.6. The molecule has 2 aromatic carbocycles. The van der Waals surface area contributed by atoms with Crippen molar-refractivity contribution in [2.24, 2.45) is 0 Å². The van der Waals surface area contributed by atoms with Crippen molar-refractivity contribution < 1.29 is 14.3 Å². The Kier molecular flexibility index (Phi) is 5.95. The number of nitrogens with zero attached hydrogens (tertiary/aromatic N) is 1. The molecule has 152 valence electrons. The Balaban J connectivity index is 1.52. The third-order valence-corrected chi connectivity index (χ3v) is 5.20. The van der Waals surface area contributed by atoms with E-state index in [1.807, 2.05) is 48.5 Å². The van der Waals surface area contributed by atoms with E-state index in [0.29, 0.717) is 19.6 Å². The second-order valence-electron chi connectivity index (χ2n) is 7.25. The Labute approximate surface area is 169 Å². The molecule has 2 amide bonds. The van der Waals surface area contributed by atoms with E-state index in [4.69, 9.17) is 14.5 Å². The molecule has 3 aromatic rings. The first-order chi connectivity index (χ1) is 14.2. The summed E-state index contributed by atoms with van der Waals surface area (Å²) in [7, 11) is 1.65. The Morgan fingerprint density at radius 2 is 1.97 bits per heavy atom. The summed E-state index contributed by atoms with van der Waals surface area (Å²) in [6, 6.07) is 15.4. The molecule has 1 aliphatic heterocycles. The summed E-state index contributed by atoms with van der Waals surface area (Å²) in [5.74, 6) is 1.54. The standard InChI is InChI=1S/C22H26N4O3/c1-28-17-8-6-15(7-9-17)14-20(21-24-18-4-2-3-5-19(18)25-21)26-22(27)23-16-10-12-29-13-11-16/h2-9,16,20H,10-14H2,1H3,(H,24,25)(H2,23,26,27). The Bertz CT molecular complexity index is 915. The van der Waals surface area contributed by atoms with Gasteiger partial charge in [0.25, 0.3) is 0 Å². The molecule has 0 saturated carbocycles. The van der Waals surface area contributed by atoms with Crippen LogP contribution in [0.4, 0.5) is 4.79 Å². The van der Waals surface area contributed by atoms with Crippen molar-refractivity contribution in [1.29, 1.82) is 0 Å². The van der Waals surface area contributed by atoms with E-state index < -0.39 is 0 Å². The Hall–Kier alpha value is -3.06. The van der Waals surface area contributed by atoms with Gasteiger partial charge in [0.15, 0.2) is 0 Å². The fourth-order valence-electron chi connectivity index (χ4n) is 3.58. The second-order valence-corrected chi connectivity index (χ2v) is 7.25. The lowest BCUT2D eigenvalue weighted by Gasteiger charge is -2.25. The highest BCUT2D eigenvalue weighted by Crippen LogP contribution is 2.21. The van der Waals surface area contributed by atoms with E-state index in [1.165, 1.54) is 0 Å². The van der Waals surface area contributed by atoms with E-state index in [1.54, 1.807) is 7.11 Å². The average molecular weight is 394 g/mol. The van der Waals surface area contributed by atoms with Gasteiger partial charge in [0.2, 0.25) is 0 Å². The molecule has 1 aliphatic rings. The van der Waals surface area contributed by atoms with E-state index in [9.17, 15) is 4.79 Å². The van der Waals surface area contributed by atoms with Crippen LogP contribution < -0.4 is 15.4 Å². The van der Waals surface area contributed by atoms with Crippen molar-refractivity contribution in [2.75, 3.05) is 20.3 Å². The number of rotatable bonds is 6. The number of carbonyl (C=O) groups excluding carboxylic acids is 1. The number of methoxy groups -OCH3 is 1. The zero-order chi connectivity index (χ0) is 20.1. The van der Waals surface area contributed by atoms with Gasteiger partial charge in [0.05, 0.1) is 24.2 Å². The quantitative estimate of drug-likeness (QED) is 0.598. The van der Waals surface area contributed by atoms with Crippen molar-refractivity contribution in [3.8, 4) is 5.75 Å². The number of hydrogen-bond donors (Lipinski definition) is 3. The summed E-state index contributed by atoms with van der Waals surface area (Å²) >= 11 is 0. The van der Waals surface area contributed by atoms with Crippen LogP contribution in [0.3, 0.4) is 0 Å². The lowest BCUT2D eigenvalue weighted by atomic mass is 10.1. The molecule has 0 radical (unpaired) electrons. The van der Waals surface area contributed by atoms with E-state index >= 15 is 0 Å². The lowest BCUT2D eigenvalue weighted by Crippen LogP contribution is -2.46. The third kappa shape index (κ3) is 4.86. The van der Waals surface area contributed by atoms with Gasteiger partial charge in [-0.1, -0.05) is 24.3 Å². The van der Waals surface area contributed by atoms with Crippen LogP contribution in [0, 0.1) is 0 Å². The molecule has 0 bridgehead atoms. The normalized spacial score (nSPS) is 15.8. The molecule has 1 atom stereocenters. The lowest BCUT2D eigenvalue weighted by molar-refractivity contribution is 0.0799. The fourth-order valence-corrected chi connectivity index (χ4v) is 3.58. The first-order valence-corrected chi connectivity index (χ1v) is 9.93. The zero-order valence-electron chi connectivity index (χ0n) is 16.5. The van der Waals surface area contributed by atoms with Gasteiger partial charge in [-0.05, 0) is 49.1 Å². The summed E-state index contributed by atoms with van der Waals surface area (Å²) in [6.45, 7) is 1.37. The zero-order valence-corrected chi connectivity index (χ0v) is 16.5. The number of fused-ring (bicyclic) bond motifs is 1. The van der Waals surface area contributed by atoms with Gasteiger partial charge < -0.3 is 25.1 Å². The van der Waals surface area contributed by atoms with Gasteiger partial charge in [-0.3, -0.25) is 0 Å². The fraction of sp³-hybridized carbons (Fsp3) is 0.364. The van der Waals surface area contributed by atoms with Gasteiger partial charge in [0, 0.05) is 19.3 Å². The molecular formula is C22H26N4O3. The van der Waals surface area contributed by atoms with Crippen LogP contribution >= 0.6 is 0 Å². The first kappa shape index (κ1) is 19.3. The number of H-pyrrole nitrogens is 1. The number of hydrogen-bond acceptors (Lipinski definition) is 4. The number of imidazole rings is 1. The van der Waals surface area contributed by atoms with Crippen molar-refractivity contribution in [2.45, 2.75) is 31.3 Å². The molecule has 0 spiro atoms. The third-order valence-electron chi connectivity index (χ3n) is 5.20. The number of amides is 2. The highest BCUT2D eigenvalue weighted by molar-refractivity contribution is 5.76. The van der Waals surface area contributed by atoms with Crippen molar-refractivity contribution in [3.63, 3.8) is 0 Å². The van der Waals surface area contributed by atoms with Gasteiger partial charge in [-0.15, -0.1) is 0 Å². The molecule has 3 N–H and O–H groups in total. The van der Waals surface area contributed by atoms with Crippen LogP contribution in [0.1, 0.15) is 30.3 Å². The number of aromatic nitrogens is 2. The van der Waals surface area contributed by atoms with Crippen LogP contribution in [0.2, 0.25) is 0 Å². The summed E-state index contributed by atoms with van der Waals surface area (Å²) in [5.41, 5.74) is 2.92. The predicted octanol–water partition coefficient (Wildman–Crippen LogP) is 3.33. The molecule has 29 heavy (non-hydrogen) atoms. The minimum absolute atomic E-state index is 0.140. The maximum atomic E-state index is 12.7. The number of nitrogens with one attached hydrogen (secondary N) is 3. The van der Waals surface area contributed by atoms with E-state index in [0.717, 1.165) is 41.0 Å². The maximum absolute atomic E-state index is 12.7. The van der Waals surface area contributed by atoms with Gasteiger partial charge in [-0.2, -0.15) is 0 Å². The molecule has 2 heterocycles. The maximum Gasteiger partial charge on any atom is 0.315 e. The molecule has 0 aliphatic carbocycles. The first-order valence-electron chi connectivity index (χ1n) is 9.93. The van der Waals surface area contributed by atoms with E-state index in [-0.39, 0.29) is 18.1 Å². The molecule has 4 rings (SSSR count). The number of ether oxygens (including phenoxy) is 2. The van der Waals surface area contributed by atoms with Crippen LogP contribution in [0.5, 0.6) is 5.75 Å². The second kappa shape index (κ2) is 8.96. The van der Waals surface area contributed by atoms with Crippen molar-refractivity contribution >= 4 is 17.1 Å². The average Bonchev–Trinajstić information content (AvgIpc) is 3.19.